The van der Waals surface area contributed by atoms with Crippen molar-refractivity contribution in [3.8, 4) is 0 Å². The summed E-state index contributed by atoms with van der Waals surface area (Å²) in [7, 11) is 0. The van der Waals surface area contributed by atoms with Gasteiger partial charge in [-0.1, -0.05) is 6.92 Å². The fourth-order valence-corrected chi connectivity index (χ4v) is 1.30. The average Bonchev–Trinajstić information content (AvgIpc) is 2.08. The molecule has 0 bridgehead atoms. The molecule has 0 aromatic rings. The van der Waals surface area contributed by atoms with Crippen molar-refractivity contribution in [3.63, 3.8) is 0 Å². The first-order chi connectivity index (χ1) is 4.47. The van der Waals surface area contributed by atoms with Crippen LogP contribution in [0.1, 0.15) is 33.6 Å². The van der Waals surface area contributed by atoms with Crippen LogP contribution in [0.25, 0.3) is 0 Å². The highest BCUT2D eigenvalue weighted by Crippen LogP contribution is 2.37. The molecule has 1 rings (SSSR count). The lowest BCUT2D eigenvalue weighted by Gasteiger charge is -2.12. The van der Waals surface area contributed by atoms with Gasteiger partial charge in [-0.25, -0.2) is 0 Å². The molecule has 10 heavy (non-hydrogen) atoms. The van der Waals surface area contributed by atoms with Crippen LogP contribution in [0, 0.1) is 6.61 Å². The average molecular weight is 143 g/mol. The van der Waals surface area contributed by atoms with E-state index in [0.29, 0.717) is 6.42 Å². The summed E-state index contributed by atoms with van der Waals surface area (Å²) in [5.74, 6) is 0. The molecule has 0 aromatic carbocycles. The van der Waals surface area contributed by atoms with Crippen LogP contribution in [0.3, 0.4) is 0 Å². The van der Waals surface area contributed by atoms with Gasteiger partial charge in [0.25, 0.3) is 6.61 Å². The number of aliphatic hydroxyl groups is 1. The van der Waals surface area contributed by atoms with E-state index < -0.39 is 5.60 Å². The van der Waals surface area contributed by atoms with E-state index in [1.54, 1.807) is 6.61 Å². The predicted molar refractivity (Wildman–Crippen MR) is 39.3 cm³/mol. The molecular weight excluding hydrogens is 128 g/mol. The predicted octanol–water partition coefficient (Wildman–Crippen LogP) is 1.49. The normalized spacial score (nSPS) is 37.6. The minimum Gasteiger partial charge on any atom is -0.348 e. The Balaban J connectivity index is 2.57. The summed E-state index contributed by atoms with van der Waals surface area (Å²) in [4.78, 5) is 0. The van der Waals surface area contributed by atoms with Crippen LogP contribution in [-0.4, -0.2) is 16.3 Å². The summed E-state index contributed by atoms with van der Waals surface area (Å²) >= 11 is 0. The molecule has 1 fully saturated rings. The summed E-state index contributed by atoms with van der Waals surface area (Å²) in [6, 6.07) is 0. The zero-order chi connectivity index (χ0) is 7.83. The lowest BCUT2D eigenvalue weighted by atomic mass is 9.92. The van der Waals surface area contributed by atoms with E-state index >= 15 is 0 Å². The third kappa shape index (κ3) is 1.44. The smallest absolute Gasteiger partial charge is 0.261 e. The Kier molecular flexibility index (Phi) is 1.69. The lowest BCUT2D eigenvalue weighted by molar-refractivity contribution is 0.0574. The molecular formula is C8H15O2+. The number of ether oxygens (including phenoxy) is 1. The number of hydrogen-bond acceptors (Lipinski definition) is 2. The molecule has 1 unspecified atom stereocenters. The van der Waals surface area contributed by atoms with Crippen molar-refractivity contribution in [2.45, 2.75) is 44.8 Å². The molecule has 2 heteroatoms. The molecule has 58 valence electrons. The molecule has 0 aliphatic carbocycles. The first-order valence-electron chi connectivity index (χ1n) is 3.72. The highest BCUT2D eigenvalue weighted by atomic mass is 16.5. The van der Waals surface area contributed by atoms with Gasteiger partial charge in [-0.15, -0.1) is 0 Å². The molecule has 0 radical (unpaired) electrons. The second-order valence-corrected chi connectivity index (χ2v) is 3.63. The van der Waals surface area contributed by atoms with Crippen molar-refractivity contribution >= 4 is 0 Å². The highest BCUT2D eigenvalue weighted by molar-refractivity contribution is 4.99. The molecule has 0 saturated carbocycles. The molecule has 1 aliphatic heterocycles. The van der Waals surface area contributed by atoms with Crippen molar-refractivity contribution in [1.29, 1.82) is 0 Å². The Labute approximate surface area is 62.2 Å². The van der Waals surface area contributed by atoms with E-state index in [-0.39, 0.29) is 5.60 Å². The molecule has 1 atom stereocenters. The van der Waals surface area contributed by atoms with Gasteiger partial charge in [-0.05, 0) is 13.8 Å². The van der Waals surface area contributed by atoms with Gasteiger partial charge in [-0.2, -0.15) is 4.74 Å². The molecule has 1 N–H and O–H groups in total. The van der Waals surface area contributed by atoms with Crippen LogP contribution < -0.4 is 0 Å². The van der Waals surface area contributed by atoms with E-state index in [2.05, 4.69) is 0 Å². The second-order valence-electron chi connectivity index (χ2n) is 3.63. The van der Waals surface area contributed by atoms with Crippen molar-refractivity contribution in [2.75, 3.05) is 0 Å². The van der Waals surface area contributed by atoms with Gasteiger partial charge in [0.1, 0.15) is 5.60 Å². The molecule has 0 spiro atoms. The quantitative estimate of drug-likeness (QED) is 0.563. The van der Waals surface area contributed by atoms with Gasteiger partial charge in [-0.3, -0.25) is 0 Å². The van der Waals surface area contributed by atoms with Crippen LogP contribution >= 0.6 is 0 Å². The zero-order valence-electron chi connectivity index (χ0n) is 6.85. The van der Waals surface area contributed by atoms with Crippen LogP contribution in [0.5, 0.6) is 0 Å². The van der Waals surface area contributed by atoms with Crippen molar-refractivity contribution in [2.24, 2.45) is 0 Å². The van der Waals surface area contributed by atoms with Crippen LogP contribution in [0.2, 0.25) is 0 Å². The Bertz CT molecular complexity index is 131. The van der Waals surface area contributed by atoms with E-state index in [4.69, 9.17) is 4.74 Å². The monoisotopic (exact) mass is 143 g/mol. The van der Waals surface area contributed by atoms with E-state index in [9.17, 15) is 5.11 Å². The standard InChI is InChI=1S/C8H15O2/c1-4-8(9)5-7(2,3)10-6-8/h6,9H,4-5H2,1-3H3/q+1. The Morgan fingerprint density at radius 2 is 2.20 bits per heavy atom. The summed E-state index contributed by atoms with van der Waals surface area (Å²) in [5, 5.41) is 9.66. The van der Waals surface area contributed by atoms with Crippen molar-refractivity contribution in [1.82, 2.24) is 0 Å². The highest BCUT2D eigenvalue weighted by Gasteiger charge is 2.51. The Hall–Kier alpha value is -0.210. The van der Waals surface area contributed by atoms with E-state index in [1.807, 2.05) is 20.8 Å². The fourth-order valence-electron chi connectivity index (χ4n) is 1.30. The molecule has 2 nitrogen and oxygen atoms in total. The first-order valence-corrected chi connectivity index (χ1v) is 3.72. The minimum absolute atomic E-state index is 0.176. The molecule has 1 saturated heterocycles. The number of hydrogen-bond donors (Lipinski definition) is 1. The lowest BCUT2D eigenvalue weighted by Crippen LogP contribution is -2.27. The van der Waals surface area contributed by atoms with Gasteiger partial charge < -0.3 is 5.11 Å². The van der Waals surface area contributed by atoms with E-state index in [0.717, 1.165) is 6.42 Å². The third-order valence-corrected chi connectivity index (χ3v) is 1.94. The SMILES string of the molecule is CCC1(O)[CH+]OC(C)(C)C1. The van der Waals surface area contributed by atoms with Gasteiger partial charge in [0.15, 0.2) is 0 Å². The van der Waals surface area contributed by atoms with Crippen LogP contribution in [0.15, 0.2) is 0 Å². The third-order valence-electron chi connectivity index (χ3n) is 1.94. The van der Waals surface area contributed by atoms with Crippen molar-refractivity contribution < 1.29 is 9.84 Å². The Morgan fingerprint density at radius 3 is 2.40 bits per heavy atom. The maximum atomic E-state index is 9.66. The van der Waals surface area contributed by atoms with Crippen LogP contribution in [-0.2, 0) is 4.74 Å². The molecule has 0 aromatic heterocycles. The first kappa shape index (κ1) is 7.89. The van der Waals surface area contributed by atoms with Gasteiger partial charge in [0, 0.05) is 6.42 Å². The molecule has 1 heterocycles. The second kappa shape index (κ2) is 2.14. The summed E-state index contributed by atoms with van der Waals surface area (Å²) in [6.45, 7) is 7.49. The van der Waals surface area contributed by atoms with Gasteiger partial charge >= 0.3 is 0 Å². The summed E-state index contributed by atoms with van der Waals surface area (Å²) < 4.78 is 5.27. The summed E-state index contributed by atoms with van der Waals surface area (Å²) in [6.07, 6.45) is 1.44. The molecule has 1 aliphatic rings. The van der Waals surface area contributed by atoms with E-state index in [1.165, 1.54) is 0 Å². The maximum absolute atomic E-state index is 9.66. The number of rotatable bonds is 1. The summed E-state index contributed by atoms with van der Waals surface area (Å²) in [5.41, 5.74) is -0.853. The minimum atomic E-state index is -0.677. The fraction of sp³-hybridized carbons (Fsp3) is 0.875. The topological polar surface area (TPSA) is 29.5 Å². The van der Waals surface area contributed by atoms with Crippen LogP contribution in [0.4, 0.5) is 0 Å². The van der Waals surface area contributed by atoms with Crippen molar-refractivity contribution in [3.05, 3.63) is 6.61 Å². The molecule has 0 amide bonds. The maximum Gasteiger partial charge on any atom is 0.261 e. The largest absolute Gasteiger partial charge is 0.348 e. The zero-order valence-corrected chi connectivity index (χ0v) is 6.85. The van der Waals surface area contributed by atoms with Gasteiger partial charge in [0.2, 0.25) is 5.60 Å². The Morgan fingerprint density at radius 1 is 1.60 bits per heavy atom. The van der Waals surface area contributed by atoms with Gasteiger partial charge in [0.05, 0.1) is 6.42 Å².